The van der Waals surface area contributed by atoms with Crippen LogP contribution in [0.5, 0.6) is 0 Å². The second-order valence-electron chi connectivity index (χ2n) is 3.39. The molecule has 0 aliphatic rings. The van der Waals surface area contributed by atoms with Gasteiger partial charge in [0.05, 0.1) is 10.6 Å². The standard InChI is InChI=1S/C9H5BClF3O2S/c11-7-1-4-6(10(15)16)3-17-8(4)2-5(7)9(12,13)14/h1-3,15-16H. The van der Waals surface area contributed by atoms with Crippen molar-refractivity contribution >= 4 is 45.6 Å². The lowest BCUT2D eigenvalue weighted by molar-refractivity contribution is -0.137. The van der Waals surface area contributed by atoms with Crippen LogP contribution in [0.4, 0.5) is 13.2 Å². The Morgan fingerprint density at radius 3 is 2.41 bits per heavy atom. The Morgan fingerprint density at radius 2 is 1.88 bits per heavy atom. The van der Waals surface area contributed by atoms with Gasteiger partial charge in [-0.2, -0.15) is 13.2 Å². The molecule has 1 aromatic heterocycles. The highest BCUT2D eigenvalue weighted by Crippen LogP contribution is 2.37. The average molecular weight is 280 g/mol. The fourth-order valence-electron chi connectivity index (χ4n) is 1.48. The third-order valence-electron chi connectivity index (χ3n) is 2.28. The fourth-order valence-corrected chi connectivity index (χ4v) is 2.75. The quantitative estimate of drug-likeness (QED) is 0.787. The van der Waals surface area contributed by atoms with E-state index in [9.17, 15) is 13.2 Å². The molecule has 0 atom stereocenters. The first-order valence-corrected chi connectivity index (χ1v) is 5.70. The van der Waals surface area contributed by atoms with Crippen LogP contribution in [0.3, 0.4) is 0 Å². The van der Waals surface area contributed by atoms with E-state index >= 15 is 0 Å². The Bertz CT molecular complexity index is 567. The molecule has 17 heavy (non-hydrogen) atoms. The normalized spacial score (nSPS) is 12.1. The molecule has 90 valence electrons. The molecule has 0 fully saturated rings. The van der Waals surface area contributed by atoms with Crippen molar-refractivity contribution in [1.29, 1.82) is 0 Å². The minimum Gasteiger partial charge on any atom is -0.423 e. The first-order chi connectivity index (χ1) is 7.80. The Kier molecular flexibility index (Phi) is 3.11. The number of thiophene rings is 1. The molecule has 0 aliphatic heterocycles. The van der Waals surface area contributed by atoms with Gasteiger partial charge in [0.15, 0.2) is 0 Å². The van der Waals surface area contributed by atoms with E-state index in [-0.39, 0.29) is 5.46 Å². The summed E-state index contributed by atoms with van der Waals surface area (Å²) in [6, 6.07) is 2.01. The Balaban J connectivity index is 2.69. The maximum Gasteiger partial charge on any atom is 0.489 e. The molecule has 2 nitrogen and oxygen atoms in total. The van der Waals surface area contributed by atoms with E-state index in [1.54, 1.807) is 0 Å². The van der Waals surface area contributed by atoms with Gasteiger partial charge < -0.3 is 10.0 Å². The third kappa shape index (κ3) is 2.28. The highest BCUT2D eigenvalue weighted by atomic mass is 35.5. The lowest BCUT2D eigenvalue weighted by Gasteiger charge is -2.09. The van der Waals surface area contributed by atoms with Gasteiger partial charge in [-0.1, -0.05) is 11.6 Å². The Labute approximate surface area is 103 Å². The number of halogens is 4. The first-order valence-electron chi connectivity index (χ1n) is 4.44. The van der Waals surface area contributed by atoms with Crippen LogP contribution in [0.25, 0.3) is 10.1 Å². The molecule has 1 heterocycles. The van der Waals surface area contributed by atoms with Gasteiger partial charge in [-0.3, -0.25) is 0 Å². The molecule has 0 radical (unpaired) electrons. The summed E-state index contributed by atoms with van der Waals surface area (Å²) in [5.41, 5.74) is -0.770. The molecule has 0 spiro atoms. The van der Waals surface area contributed by atoms with E-state index in [0.29, 0.717) is 10.1 Å². The van der Waals surface area contributed by atoms with Gasteiger partial charge >= 0.3 is 13.3 Å². The van der Waals surface area contributed by atoms with E-state index in [0.717, 1.165) is 23.5 Å². The molecule has 2 N–H and O–H groups in total. The van der Waals surface area contributed by atoms with E-state index < -0.39 is 23.9 Å². The van der Waals surface area contributed by atoms with Crippen LogP contribution >= 0.6 is 22.9 Å². The molecule has 1 aromatic carbocycles. The van der Waals surface area contributed by atoms with E-state index in [2.05, 4.69) is 0 Å². The summed E-state index contributed by atoms with van der Waals surface area (Å²) in [4.78, 5) is 0. The van der Waals surface area contributed by atoms with Crippen molar-refractivity contribution in [2.75, 3.05) is 0 Å². The molecule has 0 saturated heterocycles. The minimum atomic E-state index is -4.52. The number of hydrogen-bond donors (Lipinski definition) is 2. The van der Waals surface area contributed by atoms with Crippen molar-refractivity contribution in [2.24, 2.45) is 0 Å². The zero-order chi connectivity index (χ0) is 12.8. The van der Waals surface area contributed by atoms with E-state index in [4.69, 9.17) is 21.6 Å². The van der Waals surface area contributed by atoms with Crippen molar-refractivity contribution in [3.05, 3.63) is 28.1 Å². The number of benzene rings is 1. The van der Waals surface area contributed by atoms with Crippen LogP contribution in [0.2, 0.25) is 5.02 Å². The summed E-state index contributed by atoms with van der Waals surface area (Å²) in [5.74, 6) is 0. The molecule has 8 heteroatoms. The summed E-state index contributed by atoms with van der Waals surface area (Å²) in [6.07, 6.45) is -4.52. The van der Waals surface area contributed by atoms with Crippen molar-refractivity contribution in [3.63, 3.8) is 0 Å². The largest absolute Gasteiger partial charge is 0.489 e. The maximum atomic E-state index is 12.6. The summed E-state index contributed by atoms with van der Waals surface area (Å²) in [7, 11) is -1.73. The highest BCUT2D eigenvalue weighted by molar-refractivity contribution is 7.18. The lowest BCUT2D eigenvalue weighted by Crippen LogP contribution is -2.28. The first kappa shape index (κ1) is 12.7. The molecular weight excluding hydrogens is 275 g/mol. The van der Waals surface area contributed by atoms with Crippen molar-refractivity contribution in [3.8, 4) is 0 Å². The number of alkyl halides is 3. The monoisotopic (exact) mass is 280 g/mol. The van der Waals surface area contributed by atoms with Crippen molar-refractivity contribution in [2.45, 2.75) is 6.18 Å². The molecule has 2 aromatic rings. The van der Waals surface area contributed by atoms with Gasteiger partial charge in [0.1, 0.15) is 0 Å². The van der Waals surface area contributed by atoms with Crippen molar-refractivity contribution in [1.82, 2.24) is 0 Å². The number of rotatable bonds is 1. The number of fused-ring (bicyclic) bond motifs is 1. The summed E-state index contributed by atoms with van der Waals surface area (Å²) < 4.78 is 38.0. The molecule has 0 amide bonds. The summed E-state index contributed by atoms with van der Waals surface area (Å²) in [5, 5.41) is 19.3. The molecule has 2 rings (SSSR count). The SMILES string of the molecule is OB(O)c1csc2cc(C(F)(F)F)c(Cl)cc12. The fraction of sp³-hybridized carbons (Fsp3) is 0.111. The summed E-state index contributed by atoms with van der Waals surface area (Å²) >= 11 is 6.55. The zero-order valence-electron chi connectivity index (χ0n) is 8.12. The van der Waals surface area contributed by atoms with Gasteiger partial charge in [-0.15, -0.1) is 11.3 Å². The zero-order valence-corrected chi connectivity index (χ0v) is 9.70. The van der Waals surface area contributed by atoms with Gasteiger partial charge in [-0.25, -0.2) is 0 Å². The van der Waals surface area contributed by atoms with Gasteiger partial charge in [-0.05, 0) is 22.9 Å². The molecule has 0 unspecified atom stereocenters. The van der Waals surface area contributed by atoms with Gasteiger partial charge in [0.2, 0.25) is 0 Å². The van der Waals surface area contributed by atoms with Crippen molar-refractivity contribution < 1.29 is 23.2 Å². The smallest absolute Gasteiger partial charge is 0.423 e. The maximum absolute atomic E-state index is 12.6. The second-order valence-corrected chi connectivity index (χ2v) is 4.71. The van der Waals surface area contributed by atoms with Gasteiger partial charge in [0, 0.05) is 10.2 Å². The van der Waals surface area contributed by atoms with Gasteiger partial charge in [0.25, 0.3) is 0 Å². The average Bonchev–Trinajstić information content (AvgIpc) is 2.57. The molecular formula is C9H5BClF3O2S. The Hall–Kier alpha value is -0.755. The van der Waals surface area contributed by atoms with Crippen LogP contribution in [0, 0.1) is 0 Å². The highest BCUT2D eigenvalue weighted by Gasteiger charge is 2.34. The number of hydrogen-bond acceptors (Lipinski definition) is 3. The second kappa shape index (κ2) is 4.17. The minimum absolute atomic E-state index is 0.153. The molecule has 0 saturated carbocycles. The predicted molar refractivity (Wildman–Crippen MR) is 61.7 cm³/mol. The topological polar surface area (TPSA) is 40.5 Å². The molecule has 0 bridgehead atoms. The van der Waals surface area contributed by atoms with E-state index in [1.165, 1.54) is 5.38 Å². The van der Waals surface area contributed by atoms with Crippen LogP contribution in [0.15, 0.2) is 17.5 Å². The molecule has 0 aliphatic carbocycles. The Morgan fingerprint density at radius 1 is 1.24 bits per heavy atom. The van der Waals surface area contributed by atoms with Crippen LogP contribution in [-0.2, 0) is 6.18 Å². The van der Waals surface area contributed by atoms with E-state index in [1.807, 2.05) is 0 Å². The van der Waals surface area contributed by atoms with Crippen LogP contribution in [-0.4, -0.2) is 17.2 Å². The predicted octanol–water partition coefficient (Wildman–Crippen LogP) is 2.25. The van der Waals surface area contributed by atoms with Crippen LogP contribution < -0.4 is 5.46 Å². The third-order valence-corrected chi connectivity index (χ3v) is 3.55. The lowest BCUT2D eigenvalue weighted by atomic mass is 9.80. The van der Waals surface area contributed by atoms with Crippen LogP contribution in [0.1, 0.15) is 5.56 Å². The summed E-state index contributed by atoms with van der Waals surface area (Å²) in [6.45, 7) is 0.